The first-order valence-corrected chi connectivity index (χ1v) is 9.63. The molecule has 2 heterocycles. The molecule has 2 aromatic rings. The fraction of sp³-hybridized carbons (Fsp3) is 0.550. The van der Waals surface area contributed by atoms with Crippen molar-refractivity contribution in [3.63, 3.8) is 0 Å². The van der Waals surface area contributed by atoms with Crippen LogP contribution < -0.4 is 19.3 Å². The Bertz CT molecular complexity index is 762. The van der Waals surface area contributed by atoms with Gasteiger partial charge in [0.05, 0.1) is 20.4 Å². The highest BCUT2D eigenvalue weighted by molar-refractivity contribution is 5.51. The summed E-state index contributed by atoms with van der Waals surface area (Å²) in [5, 5.41) is 8.52. The number of fused-ring (bicyclic) bond motifs is 1. The van der Waals surface area contributed by atoms with Gasteiger partial charge in [-0.2, -0.15) is 10.1 Å². The van der Waals surface area contributed by atoms with Crippen LogP contribution in [0.2, 0.25) is 0 Å². The highest BCUT2D eigenvalue weighted by Gasteiger charge is 2.22. The monoisotopic (exact) mass is 371 g/mol. The molecule has 1 aromatic carbocycles. The largest absolute Gasteiger partial charge is 0.493 e. The molecule has 1 aromatic heterocycles. The van der Waals surface area contributed by atoms with E-state index in [1.165, 1.54) is 11.1 Å². The Morgan fingerprint density at radius 1 is 1.04 bits per heavy atom. The van der Waals surface area contributed by atoms with Crippen molar-refractivity contribution in [2.45, 2.75) is 39.7 Å². The summed E-state index contributed by atoms with van der Waals surface area (Å²) < 4.78 is 10.9. The molecule has 0 spiro atoms. The average Bonchev–Trinajstić information content (AvgIpc) is 2.72. The number of aromatic nitrogens is 3. The van der Waals surface area contributed by atoms with Crippen LogP contribution in [0.25, 0.3) is 0 Å². The number of hydrogen-bond donors (Lipinski definition) is 0. The summed E-state index contributed by atoms with van der Waals surface area (Å²) in [6, 6.07) is 4.13. The van der Waals surface area contributed by atoms with Crippen molar-refractivity contribution in [2.24, 2.45) is 0 Å². The molecule has 1 aliphatic rings. The fourth-order valence-corrected chi connectivity index (χ4v) is 3.51. The van der Waals surface area contributed by atoms with Crippen LogP contribution in [0.4, 0.5) is 11.8 Å². The molecule has 0 amide bonds. The molecule has 0 radical (unpaired) electrons. The lowest BCUT2D eigenvalue weighted by Crippen LogP contribution is -2.33. The van der Waals surface area contributed by atoms with E-state index in [0.29, 0.717) is 5.95 Å². The third kappa shape index (κ3) is 4.23. The first-order chi connectivity index (χ1) is 13.2. The Hall–Kier alpha value is -2.57. The summed E-state index contributed by atoms with van der Waals surface area (Å²) in [4.78, 5) is 9.27. The van der Waals surface area contributed by atoms with E-state index in [0.717, 1.165) is 62.8 Å². The Morgan fingerprint density at radius 2 is 1.70 bits per heavy atom. The molecule has 27 heavy (non-hydrogen) atoms. The zero-order valence-electron chi connectivity index (χ0n) is 16.7. The van der Waals surface area contributed by atoms with E-state index < -0.39 is 0 Å². The molecule has 3 rings (SSSR count). The average molecular weight is 371 g/mol. The van der Waals surface area contributed by atoms with Crippen LogP contribution in [0, 0.1) is 0 Å². The number of rotatable bonds is 8. The predicted molar refractivity (Wildman–Crippen MR) is 107 cm³/mol. The minimum absolute atomic E-state index is 0.685. The summed E-state index contributed by atoms with van der Waals surface area (Å²) >= 11 is 0. The predicted octanol–water partition coefficient (Wildman–Crippen LogP) is 3.08. The molecule has 0 fully saturated rings. The Balaban J connectivity index is 1.83. The molecule has 0 atom stereocenters. The van der Waals surface area contributed by atoms with Crippen molar-refractivity contribution in [1.29, 1.82) is 0 Å². The van der Waals surface area contributed by atoms with Crippen molar-refractivity contribution < 1.29 is 9.47 Å². The van der Waals surface area contributed by atoms with Gasteiger partial charge in [0.15, 0.2) is 17.3 Å². The van der Waals surface area contributed by atoms with Gasteiger partial charge in [-0.05, 0) is 42.5 Å². The molecule has 0 bridgehead atoms. The molecule has 7 heteroatoms. The van der Waals surface area contributed by atoms with Crippen LogP contribution >= 0.6 is 0 Å². The van der Waals surface area contributed by atoms with E-state index in [1.807, 2.05) is 0 Å². The van der Waals surface area contributed by atoms with E-state index in [1.54, 1.807) is 20.4 Å². The minimum atomic E-state index is 0.685. The van der Waals surface area contributed by atoms with Gasteiger partial charge in [-0.1, -0.05) is 13.8 Å². The lowest BCUT2D eigenvalue weighted by atomic mass is 9.99. The number of ether oxygens (including phenoxy) is 2. The van der Waals surface area contributed by atoms with Gasteiger partial charge in [0.25, 0.3) is 0 Å². The molecule has 0 N–H and O–H groups in total. The van der Waals surface area contributed by atoms with Crippen molar-refractivity contribution in [3.05, 3.63) is 29.5 Å². The van der Waals surface area contributed by atoms with Crippen LogP contribution in [0.15, 0.2) is 18.3 Å². The summed E-state index contributed by atoms with van der Waals surface area (Å²) in [5.74, 6) is 3.12. The second-order valence-electron chi connectivity index (χ2n) is 6.75. The number of methoxy groups -OCH3 is 2. The number of nitrogens with zero attached hydrogens (tertiary/aromatic N) is 5. The van der Waals surface area contributed by atoms with Gasteiger partial charge in [0, 0.05) is 26.2 Å². The first kappa shape index (κ1) is 19.2. The molecule has 0 saturated carbocycles. The Morgan fingerprint density at radius 3 is 2.33 bits per heavy atom. The normalized spacial score (nSPS) is 13.3. The molecule has 146 valence electrons. The summed E-state index contributed by atoms with van der Waals surface area (Å²) in [5.41, 5.74) is 2.50. The quantitative estimate of drug-likeness (QED) is 0.706. The maximum atomic E-state index is 5.45. The topological polar surface area (TPSA) is 63.6 Å². The number of hydrogen-bond acceptors (Lipinski definition) is 7. The van der Waals surface area contributed by atoms with Gasteiger partial charge in [0.2, 0.25) is 5.95 Å². The van der Waals surface area contributed by atoms with Gasteiger partial charge in [-0.25, -0.2) is 0 Å². The minimum Gasteiger partial charge on any atom is -0.493 e. The standard InChI is InChI=1S/C20H29N5O2/c1-5-8-24(9-6-2)19-13-21-23-20(22-19)25-10-7-15-11-17(26-3)18(27-4)12-16(15)14-25/h11-13H,5-10,14H2,1-4H3. The lowest BCUT2D eigenvalue weighted by molar-refractivity contribution is 0.353. The smallest absolute Gasteiger partial charge is 0.247 e. The van der Waals surface area contributed by atoms with E-state index >= 15 is 0 Å². The van der Waals surface area contributed by atoms with Crippen LogP contribution in [-0.2, 0) is 13.0 Å². The third-order valence-corrected chi connectivity index (χ3v) is 4.85. The van der Waals surface area contributed by atoms with Crippen molar-refractivity contribution >= 4 is 11.8 Å². The maximum Gasteiger partial charge on any atom is 0.247 e. The van der Waals surface area contributed by atoms with E-state index in [-0.39, 0.29) is 0 Å². The fourth-order valence-electron chi connectivity index (χ4n) is 3.51. The van der Waals surface area contributed by atoms with Gasteiger partial charge in [-0.3, -0.25) is 0 Å². The second kappa shape index (κ2) is 8.88. The molecule has 0 saturated heterocycles. The van der Waals surface area contributed by atoms with Crippen LogP contribution in [0.1, 0.15) is 37.8 Å². The van der Waals surface area contributed by atoms with Crippen LogP contribution in [0.3, 0.4) is 0 Å². The van der Waals surface area contributed by atoms with E-state index in [2.05, 4.69) is 46.0 Å². The number of anilines is 2. The summed E-state index contributed by atoms with van der Waals surface area (Å²) in [6.07, 6.45) is 4.84. The summed E-state index contributed by atoms with van der Waals surface area (Å²) in [6.45, 7) is 7.91. The second-order valence-corrected chi connectivity index (χ2v) is 6.75. The Labute approximate surface area is 161 Å². The molecule has 0 unspecified atom stereocenters. The Kier molecular flexibility index (Phi) is 6.32. The zero-order valence-corrected chi connectivity index (χ0v) is 16.7. The number of benzene rings is 1. The van der Waals surface area contributed by atoms with Gasteiger partial charge >= 0.3 is 0 Å². The van der Waals surface area contributed by atoms with Gasteiger partial charge < -0.3 is 19.3 Å². The third-order valence-electron chi connectivity index (χ3n) is 4.85. The van der Waals surface area contributed by atoms with Crippen molar-refractivity contribution in [3.8, 4) is 11.5 Å². The van der Waals surface area contributed by atoms with E-state index in [9.17, 15) is 0 Å². The molecular weight excluding hydrogens is 342 g/mol. The molecular formula is C20H29N5O2. The molecule has 1 aliphatic heterocycles. The zero-order chi connectivity index (χ0) is 19.2. The summed E-state index contributed by atoms with van der Waals surface area (Å²) in [7, 11) is 3.33. The van der Waals surface area contributed by atoms with Crippen molar-refractivity contribution in [1.82, 2.24) is 15.2 Å². The molecule has 7 nitrogen and oxygen atoms in total. The van der Waals surface area contributed by atoms with Gasteiger partial charge in [0.1, 0.15) is 0 Å². The van der Waals surface area contributed by atoms with E-state index in [4.69, 9.17) is 14.5 Å². The molecule has 0 aliphatic carbocycles. The highest BCUT2D eigenvalue weighted by Crippen LogP contribution is 2.34. The lowest BCUT2D eigenvalue weighted by Gasteiger charge is -2.30. The first-order valence-electron chi connectivity index (χ1n) is 9.63. The van der Waals surface area contributed by atoms with Gasteiger partial charge in [-0.15, -0.1) is 5.10 Å². The maximum absolute atomic E-state index is 5.45. The van der Waals surface area contributed by atoms with Crippen molar-refractivity contribution in [2.75, 3.05) is 43.7 Å². The van der Waals surface area contributed by atoms with Crippen LogP contribution in [0.5, 0.6) is 11.5 Å². The van der Waals surface area contributed by atoms with Crippen LogP contribution in [-0.4, -0.2) is 49.0 Å². The highest BCUT2D eigenvalue weighted by atomic mass is 16.5. The SMILES string of the molecule is CCCN(CCC)c1cnnc(N2CCc3cc(OC)c(OC)cc3C2)n1.